The van der Waals surface area contributed by atoms with E-state index in [2.05, 4.69) is 17.6 Å². The standard InChI is InChI=1S/C22H25FN2O3/c1-13-21(12-28-17-4-3-14-11-25-22(26)20(14)10-17)19(5-6-24-13)15-7-16(23)9-18(8-15)27-2/h3-4,7-10,13,19,21,24H,5-6,11-12H2,1-2H3,(H,25,26). The largest absolute Gasteiger partial charge is 0.497 e. The van der Waals surface area contributed by atoms with Crippen LogP contribution in [-0.4, -0.2) is 32.2 Å². The van der Waals surface area contributed by atoms with E-state index in [0.29, 0.717) is 30.2 Å². The predicted octanol–water partition coefficient (Wildman–Crippen LogP) is 3.24. The van der Waals surface area contributed by atoms with Crippen molar-refractivity contribution in [1.82, 2.24) is 10.6 Å². The van der Waals surface area contributed by atoms with E-state index in [0.717, 1.165) is 24.1 Å². The number of hydrogen-bond donors (Lipinski definition) is 2. The molecule has 6 heteroatoms. The third-order valence-electron chi connectivity index (χ3n) is 5.85. The van der Waals surface area contributed by atoms with Crippen molar-refractivity contribution in [1.29, 1.82) is 0 Å². The smallest absolute Gasteiger partial charge is 0.252 e. The summed E-state index contributed by atoms with van der Waals surface area (Å²) in [6.07, 6.45) is 0.900. The van der Waals surface area contributed by atoms with Crippen molar-refractivity contribution >= 4 is 5.91 Å². The molecule has 28 heavy (non-hydrogen) atoms. The molecule has 0 aromatic heterocycles. The second-order valence-corrected chi connectivity index (χ2v) is 7.54. The molecule has 2 heterocycles. The average molecular weight is 384 g/mol. The minimum absolute atomic E-state index is 0.0575. The summed E-state index contributed by atoms with van der Waals surface area (Å²) in [6, 6.07) is 10.8. The van der Waals surface area contributed by atoms with E-state index in [9.17, 15) is 9.18 Å². The summed E-state index contributed by atoms with van der Waals surface area (Å²) in [5, 5.41) is 6.31. The summed E-state index contributed by atoms with van der Waals surface area (Å²) in [5.74, 6) is 1.21. The SMILES string of the molecule is COc1cc(F)cc(C2CCNC(C)C2COc2ccc3c(c2)C(=O)NC3)c1. The molecular weight excluding hydrogens is 359 g/mol. The van der Waals surface area contributed by atoms with Crippen LogP contribution in [-0.2, 0) is 6.54 Å². The van der Waals surface area contributed by atoms with E-state index in [4.69, 9.17) is 9.47 Å². The lowest BCUT2D eigenvalue weighted by Gasteiger charge is -2.37. The zero-order valence-corrected chi connectivity index (χ0v) is 16.1. The number of nitrogens with one attached hydrogen (secondary N) is 2. The quantitative estimate of drug-likeness (QED) is 0.831. The molecule has 0 saturated carbocycles. The highest BCUT2D eigenvalue weighted by atomic mass is 19.1. The summed E-state index contributed by atoms with van der Waals surface area (Å²) < 4.78 is 25.4. The highest BCUT2D eigenvalue weighted by molar-refractivity contribution is 5.98. The minimum atomic E-state index is -0.287. The Hall–Kier alpha value is -2.60. The molecule has 2 aliphatic heterocycles. The van der Waals surface area contributed by atoms with Gasteiger partial charge in [0.2, 0.25) is 0 Å². The van der Waals surface area contributed by atoms with Crippen molar-refractivity contribution in [3.63, 3.8) is 0 Å². The van der Waals surface area contributed by atoms with E-state index in [-0.39, 0.29) is 29.6 Å². The summed E-state index contributed by atoms with van der Waals surface area (Å²) in [5.41, 5.74) is 2.61. The maximum absolute atomic E-state index is 14.0. The maximum atomic E-state index is 14.0. The van der Waals surface area contributed by atoms with Gasteiger partial charge in [-0.1, -0.05) is 6.07 Å². The number of methoxy groups -OCH3 is 1. The molecule has 148 valence electrons. The van der Waals surface area contributed by atoms with Crippen LogP contribution in [0.15, 0.2) is 36.4 Å². The first kappa shape index (κ1) is 18.7. The predicted molar refractivity (Wildman–Crippen MR) is 104 cm³/mol. The molecule has 1 saturated heterocycles. The van der Waals surface area contributed by atoms with Gasteiger partial charge in [0.05, 0.1) is 13.7 Å². The molecule has 3 atom stereocenters. The van der Waals surface area contributed by atoms with Gasteiger partial charge in [-0.15, -0.1) is 0 Å². The molecule has 2 aliphatic rings. The van der Waals surface area contributed by atoms with Crippen LogP contribution >= 0.6 is 0 Å². The number of halogens is 1. The number of carbonyl (C=O) groups excluding carboxylic acids is 1. The van der Waals surface area contributed by atoms with Crippen molar-refractivity contribution in [2.45, 2.75) is 31.8 Å². The Bertz CT molecular complexity index is 886. The Labute approximate surface area is 164 Å². The second kappa shape index (κ2) is 7.80. The molecule has 4 rings (SSSR count). The maximum Gasteiger partial charge on any atom is 0.252 e. The Kier molecular flexibility index (Phi) is 5.22. The number of hydrogen-bond acceptors (Lipinski definition) is 4. The third-order valence-corrected chi connectivity index (χ3v) is 5.85. The summed E-state index contributed by atoms with van der Waals surface area (Å²) in [4.78, 5) is 11.9. The van der Waals surface area contributed by atoms with Crippen LogP contribution in [0.5, 0.6) is 11.5 Å². The van der Waals surface area contributed by atoms with Gasteiger partial charge in [0.15, 0.2) is 0 Å². The average Bonchev–Trinajstić information content (AvgIpc) is 3.06. The topological polar surface area (TPSA) is 59.6 Å². The number of amides is 1. The molecule has 2 N–H and O–H groups in total. The van der Waals surface area contributed by atoms with Gasteiger partial charge in [-0.3, -0.25) is 4.79 Å². The fraction of sp³-hybridized carbons (Fsp3) is 0.409. The molecule has 3 unspecified atom stereocenters. The van der Waals surface area contributed by atoms with Crippen LogP contribution in [0.2, 0.25) is 0 Å². The second-order valence-electron chi connectivity index (χ2n) is 7.54. The Morgan fingerprint density at radius 2 is 2.04 bits per heavy atom. The van der Waals surface area contributed by atoms with Gasteiger partial charge in [-0.2, -0.15) is 0 Å². The molecular formula is C22H25FN2O3. The Balaban J connectivity index is 1.54. The highest BCUT2D eigenvalue weighted by Gasteiger charge is 2.33. The van der Waals surface area contributed by atoms with Gasteiger partial charge in [-0.05, 0) is 61.2 Å². The summed E-state index contributed by atoms with van der Waals surface area (Å²) in [6.45, 7) is 4.06. The van der Waals surface area contributed by atoms with Gasteiger partial charge in [-0.25, -0.2) is 4.39 Å². The number of benzene rings is 2. The first-order valence-corrected chi connectivity index (χ1v) is 9.67. The Morgan fingerprint density at radius 1 is 1.18 bits per heavy atom. The normalized spacial score (nSPS) is 23.8. The summed E-state index contributed by atoms with van der Waals surface area (Å²) in [7, 11) is 1.55. The van der Waals surface area contributed by atoms with Gasteiger partial charge in [0, 0.05) is 30.1 Å². The van der Waals surface area contributed by atoms with Crippen molar-refractivity contribution in [2.75, 3.05) is 20.3 Å². The van der Waals surface area contributed by atoms with Crippen molar-refractivity contribution in [3.8, 4) is 11.5 Å². The number of piperidine rings is 1. The van der Waals surface area contributed by atoms with Crippen molar-refractivity contribution in [2.24, 2.45) is 5.92 Å². The van der Waals surface area contributed by atoms with E-state index in [1.54, 1.807) is 19.2 Å². The van der Waals surface area contributed by atoms with Crippen LogP contribution in [0.1, 0.15) is 40.7 Å². The lowest BCUT2D eigenvalue weighted by Crippen LogP contribution is -2.45. The minimum Gasteiger partial charge on any atom is -0.497 e. The van der Waals surface area contributed by atoms with E-state index in [1.165, 1.54) is 6.07 Å². The van der Waals surface area contributed by atoms with Crippen LogP contribution < -0.4 is 20.1 Å². The van der Waals surface area contributed by atoms with Crippen LogP contribution in [0, 0.1) is 11.7 Å². The number of rotatable bonds is 5. The first-order chi connectivity index (χ1) is 13.5. The highest BCUT2D eigenvalue weighted by Crippen LogP contribution is 2.36. The first-order valence-electron chi connectivity index (χ1n) is 9.67. The van der Waals surface area contributed by atoms with Crippen LogP contribution in [0.4, 0.5) is 4.39 Å². The van der Waals surface area contributed by atoms with Gasteiger partial charge in [0.1, 0.15) is 17.3 Å². The number of carbonyl (C=O) groups is 1. The molecule has 1 amide bonds. The molecule has 0 aliphatic carbocycles. The van der Waals surface area contributed by atoms with Gasteiger partial charge in [0.25, 0.3) is 5.91 Å². The van der Waals surface area contributed by atoms with Crippen LogP contribution in [0.3, 0.4) is 0 Å². The van der Waals surface area contributed by atoms with Gasteiger partial charge < -0.3 is 20.1 Å². The fourth-order valence-corrected chi connectivity index (χ4v) is 4.25. The third kappa shape index (κ3) is 3.69. The van der Waals surface area contributed by atoms with E-state index < -0.39 is 0 Å². The lowest BCUT2D eigenvalue weighted by molar-refractivity contribution is 0.0965. The molecule has 2 aromatic rings. The molecule has 1 fully saturated rings. The molecule has 5 nitrogen and oxygen atoms in total. The lowest BCUT2D eigenvalue weighted by atomic mass is 9.77. The zero-order valence-electron chi connectivity index (χ0n) is 16.1. The molecule has 2 aromatic carbocycles. The van der Waals surface area contributed by atoms with Crippen molar-refractivity contribution in [3.05, 3.63) is 58.9 Å². The van der Waals surface area contributed by atoms with E-state index in [1.807, 2.05) is 18.2 Å². The molecule has 0 spiro atoms. The van der Waals surface area contributed by atoms with Crippen LogP contribution in [0.25, 0.3) is 0 Å². The molecule has 0 bridgehead atoms. The van der Waals surface area contributed by atoms with Gasteiger partial charge >= 0.3 is 0 Å². The summed E-state index contributed by atoms with van der Waals surface area (Å²) >= 11 is 0. The number of fused-ring (bicyclic) bond motifs is 1. The Morgan fingerprint density at radius 3 is 2.86 bits per heavy atom. The van der Waals surface area contributed by atoms with E-state index >= 15 is 0 Å². The zero-order chi connectivity index (χ0) is 19.7. The molecule has 0 radical (unpaired) electrons. The van der Waals surface area contributed by atoms with Crippen molar-refractivity contribution < 1.29 is 18.7 Å². The number of ether oxygens (including phenoxy) is 2. The fourth-order valence-electron chi connectivity index (χ4n) is 4.25. The monoisotopic (exact) mass is 384 g/mol.